The van der Waals surface area contributed by atoms with Gasteiger partial charge in [0.25, 0.3) is 0 Å². The molecule has 17 heavy (non-hydrogen) atoms. The first-order valence-corrected chi connectivity index (χ1v) is 5.45. The molecule has 1 rings (SSSR count). The van der Waals surface area contributed by atoms with E-state index in [1.807, 2.05) is 0 Å². The fourth-order valence-electron chi connectivity index (χ4n) is 1.12. The lowest BCUT2D eigenvalue weighted by Gasteiger charge is -2.18. The Hall–Kier alpha value is -0.930. The van der Waals surface area contributed by atoms with Crippen LogP contribution < -0.4 is 4.90 Å². The number of rotatable bonds is 5. The summed E-state index contributed by atoms with van der Waals surface area (Å²) in [5.74, 6) is 0. The van der Waals surface area contributed by atoms with Gasteiger partial charge in [-0.1, -0.05) is 11.3 Å². The second kappa shape index (κ2) is 5.61. The summed E-state index contributed by atoms with van der Waals surface area (Å²) < 4.78 is 41.5. The molecule has 0 bridgehead atoms. The van der Waals surface area contributed by atoms with Crippen molar-refractivity contribution in [3.63, 3.8) is 0 Å². The molecule has 0 saturated carbocycles. The maximum Gasteiger partial charge on any atom is 0.445 e. The van der Waals surface area contributed by atoms with E-state index >= 15 is 0 Å². The summed E-state index contributed by atoms with van der Waals surface area (Å²) in [6.07, 6.45) is -5.27. The van der Waals surface area contributed by atoms with Crippen LogP contribution in [0.4, 0.5) is 18.3 Å². The Morgan fingerprint density at radius 1 is 1.47 bits per heavy atom. The van der Waals surface area contributed by atoms with Crippen LogP contribution in [0.3, 0.4) is 0 Å². The van der Waals surface area contributed by atoms with Gasteiger partial charge in [-0.25, -0.2) is 0 Å². The van der Waals surface area contributed by atoms with Crippen molar-refractivity contribution in [2.45, 2.75) is 12.3 Å². The smallest absolute Gasteiger partial charge is 0.389 e. The topological polar surface area (TPSA) is 58.5 Å². The minimum Gasteiger partial charge on any atom is -0.389 e. The molecule has 9 heteroatoms. The zero-order chi connectivity index (χ0) is 13.1. The Labute approximate surface area is 99.8 Å². The largest absolute Gasteiger partial charge is 0.445 e. The average Bonchev–Trinajstić information content (AvgIpc) is 2.65. The van der Waals surface area contributed by atoms with E-state index in [2.05, 4.69) is 10.2 Å². The van der Waals surface area contributed by atoms with Gasteiger partial charge in [0.1, 0.15) is 0 Å². The molecule has 1 aromatic rings. The number of alkyl halides is 3. The lowest BCUT2D eigenvalue weighted by molar-refractivity contribution is -0.138. The molecule has 0 aromatic carbocycles. The highest BCUT2D eigenvalue weighted by Gasteiger charge is 2.36. The molecule has 1 unspecified atom stereocenters. The Balaban J connectivity index is 2.64. The summed E-state index contributed by atoms with van der Waals surface area (Å²) in [6.45, 7) is 0.232. The van der Waals surface area contributed by atoms with E-state index in [-0.39, 0.29) is 18.3 Å². The van der Waals surface area contributed by atoms with Crippen LogP contribution in [0.2, 0.25) is 0 Å². The van der Waals surface area contributed by atoms with E-state index in [1.54, 1.807) is 0 Å². The Kier molecular flexibility index (Phi) is 4.66. The van der Waals surface area contributed by atoms with Gasteiger partial charge >= 0.3 is 6.18 Å². The summed E-state index contributed by atoms with van der Waals surface area (Å²) in [7, 11) is 2.95. The second-order valence-corrected chi connectivity index (χ2v) is 4.33. The molecular formula is C8H12F3N3O2S. The van der Waals surface area contributed by atoms with Crippen LogP contribution >= 0.6 is 11.3 Å². The number of nitrogens with zero attached hydrogens (tertiary/aromatic N) is 3. The highest BCUT2D eigenvalue weighted by atomic mass is 32.1. The van der Waals surface area contributed by atoms with Crippen molar-refractivity contribution < 1.29 is 23.0 Å². The number of hydrogen-bond donors (Lipinski definition) is 1. The van der Waals surface area contributed by atoms with Gasteiger partial charge in [-0.15, -0.1) is 10.2 Å². The molecule has 0 aliphatic carbocycles. The van der Waals surface area contributed by atoms with Crippen molar-refractivity contribution in [1.29, 1.82) is 0 Å². The SMILES string of the molecule is COCC(O)CN(C)c1nnc(C(F)(F)F)s1. The molecule has 5 nitrogen and oxygen atoms in total. The minimum absolute atomic E-state index is 0.104. The van der Waals surface area contributed by atoms with Crippen molar-refractivity contribution in [3.8, 4) is 0 Å². The number of ether oxygens (including phenoxy) is 1. The summed E-state index contributed by atoms with van der Waals surface area (Å²) in [5, 5.41) is 15.0. The van der Waals surface area contributed by atoms with Gasteiger partial charge in [0.15, 0.2) is 0 Å². The van der Waals surface area contributed by atoms with Crippen LogP contribution in [0.25, 0.3) is 0 Å². The fraction of sp³-hybridized carbons (Fsp3) is 0.750. The van der Waals surface area contributed by atoms with Crippen LogP contribution in [0.5, 0.6) is 0 Å². The van der Waals surface area contributed by atoms with Crippen LogP contribution in [-0.2, 0) is 10.9 Å². The lowest BCUT2D eigenvalue weighted by Crippen LogP contribution is -2.31. The molecule has 0 aliphatic rings. The molecule has 98 valence electrons. The number of anilines is 1. The van der Waals surface area contributed by atoms with Gasteiger partial charge in [-0.3, -0.25) is 0 Å². The Morgan fingerprint density at radius 3 is 2.59 bits per heavy atom. The number of methoxy groups -OCH3 is 1. The molecular weight excluding hydrogens is 259 g/mol. The van der Waals surface area contributed by atoms with Gasteiger partial charge in [0, 0.05) is 20.7 Å². The predicted molar refractivity (Wildman–Crippen MR) is 56.1 cm³/mol. The molecule has 0 fully saturated rings. The normalized spacial score (nSPS) is 13.8. The molecule has 0 saturated heterocycles. The van der Waals surface area contributed by atoms with Crippen molar-refractivity contribution in [2.75, 3.05) is 32.2 Å². The number of hydrogen-bond acceptors (Lipinski definition) is 6. The van der Waals surface area contributed by atoms with Crippen LogP contribution in [0.15, 0.2) is 0 Å². The predicted octanol–water partition coefficient (Wildman–Crippen LogP) is 1.00. The van der Waals surface area contributed by atoms with Crippen molar-refractivity contribution >= 4 is 16.5 Å². The van der Waals surface area contributed by atoms with Crippen LogP contribution in [-0.4, -0.2) is 48.7 Å². The first-order valence-electron chi connectivity index (χ1n) is 4.63. The first-order chi connectivity index (χ1) is 7.84. The van der Waals surface area contributed by atoms with Gasteiger partial charge in [0.2, 0.25) is 10.1 Å². The third-order valence-corrected chi connectivity index (χ3v) is 2.91. The van der Waals surface area contributed by atoms with Crippen LogP contribution in [0, 0.1) is 0 Å². The summed E-state index contributed by atoms with van der Waals surface area (Å²) in [4.78, 5) is 1.40. The maximum atomic E-state index is 12.3. The number of aromatic nitrogens is 2. The standard InChI is InChI=1S/C8H12F3N3O2S/c1-14(3-5(15)4-16-2)7-13-12-6(17-7)8(9,10)11/h5,15H,3-4H2,1-2H3. The van der Waals surface area contributed by atoms with E-state index in [9.17, 15) is 18.3 Å². The van der Waals surface area contributed by atoms with Gasteiger partial charge in [-0.05, 0) is 0 Å². The fourth-order valence-corrected chi connectivity index (χ4v) is 1.81. The third-order valence-electron chi connectivity index (χ3n) is 1.83. The third kappa shape index (κ3) is 4.10. The quantitative estimate of drug-likeness (QED) is 0.865. The number of halogens is 3. The maximum absolute atomic E-state index is 12.3. The molecule has 0 radical (unpaired) electrons. The van der Waals surface area contributed by atoms with Gasteiger partial charge in [0.05, 0.1) is 12.7 Å². The minimum atomic E-state index is -4.48. The van der Waals surface area contributed by atoms with Crippen molar-refractivity contribution in [2.24, 2.45) is 0 Å². The highest BCUT2D eigenvalue weighted by molar-refractivity contribution is 7.15. The summed E-state index contributed by atoms with van der Waals surface area (Å²) in [6, 6.07) is 0. The van der Waals surface area contributed by atoms with Crippen molar-refractivity contribution in [1.82, 2.24) is 10.2 Å². The zero-order valence-corrected chi connectivity index (χ0v) is 10.0. The second-order valence-electron chi connectivity index (χ2n) is 3.38. The molecule has 0 aliphatic heterocycles. The zero-order valence-electron chi connectivity index (χ0n) is 9.23. The molecule has 1 atom stereocenters. The van der Waals surface area contributed by atoms with Gasteiger partial charge in [-0.2, -0.15) is 13.2 Å². The van der Waals surface area contributed by atoms with Gasteiger partial charge < -0.3 is 14.7 Å². The average molecular weight is 271 g/mol. The highest BCUT2D eigenvalue weighted by Crippen LogP contribution is 2.33. The van der Waals surface area contributed by atoms with E-state index < -0.39 is 17.3 Å². The summed E-state index contributed by atoms with van der Waals surface area (Å²) >= 11 is 0.435. The molecule has 0 amide bonds. The van der Waals surface area contributed by atoms with E-state index in [0.717, 1.165) is 0 Å². The Bertz CT molecular complexity index is 358. The summed E-state index contributed by atoms with van der Waals surface area (Å²) in [5.41, 5.74) is 0. The number of aliphatic hydroxyl groups is 1. The Morgan fingerprint density at radius 2 is 2.12 bits per heavy atom. The number of likely N-dealkylation sites (N-methyl/N-ethyl adjacent to an activating group) is 1. The monoisotopic (exact) mass is 271 g/mol. The molecule has 0 spiro atoms. The molecule has 1 N–H and O–H groups in total. The number of aliphatic hydroxyl groups excluding tert-OH is 1. The van der Waals surface area contributed by atoms with E-state index in [0.29, 0.717) is 11.3 Å². The van der Waals surface area contributed by atoms with Crippen molar-refractivity contribution in [3.05, 3.63) is 5.01 Å². The van der Waals surface area contributed by atoms with E-state index in [1.165, 1.54) is 19.1 Å². The first kappa shape index (κ1) is 14.1. The van der Waals surface area contributed by atoms with E-state index in [4.69, 9.17) is 4.74 Å². The lowest BCUT2D eigenvalue weighted by atomic mass is 10.3. The molecule has 1 aromatic heterocycles. The molecule has 1 heterocycles. The van der Waals surface area contributed by atoms with Crippen LogP contribution in [0.1, 0.15) is 5.01 Å².